The van der Waals surface area contributed by atoms with E-state index in [4.69, 9.17) is 0 Å². The quantitative estimate of drug-likeness (QED) is 0.805. The highest BCUT2D eigenvalue weighted by Crippen LogP contribution is 2.30. The van der Waals surface area contributed by atoms with Gasteiger partial charge in [0, 0.05) is 21.9 Å². The van der Waals surface area contributed by atoms with E-state index in [0.717, 1.165) is 9.75 Å². The normalized spacial score (nSPS) is 12.5. The van der Waals surface area contributed by atoms with Crippen LogP contribution in [0.15, 0.2) is 36.4 Å². The Kier molecular flexibility index (Phi) is 5.69. The fourth-order valence-electron chi connectivity index (χ4n) is 2.25. The summed E-state index contributed by atoms with van der Waals surface area (Å²) in [5, 5.41) is 12.3. The van der Waals surface area contributed by atoms with E-state index < -0.39 is 12.0 Å². The van der Waals surface area contributed by atoms with E-state index in [-0.39, 0.29) is 5.82 Å². The number of hydrogen-bond donors (Lipinski definition) is 2. The third kappa shape index (κ3) is 4.39. The lowest BCUT2D eigenvalue weighted by molar-refractivity contribution is -0.140. The molecule has 0 amide bonds. The van der Waals surface area contributed by atoms with Crippen molar-refractivity contribution in [1.82, 2.24) is 5.32 Å². The SMILES string of the molecule is CC(C)C[C@@H](NCc1ccc(-c2ccccc2F)s1)C(=O)O. The highest BCUT2D eigenvalue weighted by Gasteiger charge is 2.18. The van der Waals surface area contributed by atoms with Crippen molar-refractivity contribution in [3.05, 3.63) is 47.1 Å². The van der Waals surface area contributed by atoms with Crippen LogP contribution in [0.1, 0.15) is 25.1 Å². The lowest BCUT2D eigenvalue weighted by atomic mass is 10.0. The number of carboxylic acid groups (broad SMARTS) is 1. The number of thiophene rings is 1. The van der Waals surface area contributed by atoms with E-state index in [9.17, 15) is 14.3 Å². The van der Waals surface area contributed by atoms with Gasteiger partial charge in [0.05, 0.1) is 0 Å². The van der Waals surface area contributed by atoms with Crippen molar-refractivity contribution in [2.45, 2.75) is 32.9 Å². The molecule has 1 heterocycles. The predicted octanol–water partition coefficient (Wildman–Crippen LogP) is 4.14. The van der Waals surface area contributed by atoms with E-state index in [2.05, 4.69) is 5.32 Å². The molecule has 0 unspecified atom stereocenters. The first-order chi connectivity index (χ1) is 10.5. The summed E-state index contributed by atoms with van der Waals surface area (Å²) >= 11 is 1.48. The Balaban J connectivity index is 2.03. The van der Waals surface area contributed by atoms with Crippen LogP contribution in [0.4, 0.5) is 4.39 Å². The standard InChI is InChI=1S/C17H20FNO2S/c1-11(2)9-15(17(20)21)19-10-12-7-8-16(22-12)13-5-3-4-6-14(13)18/h3-8,11,15,19H,9-10H2,1-2H3,(H,20,21)/t15-/m1/s1. The summed E-state index contributed by atoms with van der Waals surface area (Å²) in [7, 11) is 0. The van der Waals surface area contributed by atoms with E-state index in [1.54, 1.807) is 18.2 Å². The molecule has 1 aromatic heterocycles. The Morgan fingerprint density at radius 3 is 2.64 bits per heavy atom. The van der Waals surface area contributed by atoms with Gasteiger partial charge < -0.3 is 5.11 Å². The maximum atomic E-state index is 13.8. The molecular weight excluding hydrogens is 301 g/mol. The summed E-state index contributed by atoms with van der Waals surface area (Å²) in [6.45, 7) is 4.47. The van der Waals surface area contributed by atoms with Crippen molar-refractivity contribution < 1.29 is 14.3 Å². The minimum absolute atomic E-state index is 0.243. The van der Waals surface area contributed by atoms with Crippen molar-refractivity contribution in [1.29, 1.82) is 0 Å². The molecule has 0 aliphatic heterocycles. The molecule has 0 fully saturated rings. The minimum Gasteiger partial charge on any atom is -0.480 e. The highest BCUT2D eigenvalue weighted by molar-refractivity contribution is 7.15. The Hall–Kier alpha value is -1.72. The first kappa shape index (κ1) is 16.6. The minimum atomic E-state index is -0.834. The molecule has 1 aromatic carbocycles. The number of nitrogens with one attached hydrogen (secondary N) is 1. The van der Waals surface area contributed by atoms with Gasteiger partial charge in [0.2, 0.25) is 0 Å². The number of halogens is 1. The van der Waals surface area contributed by atoms with Crippen LogP contribution in [0.5, 0.6) is 0 Å². The number of rotatable bonds is 7. The monoisotopic (exact) mass is 321 g/mol. The molecule has 22 heavy (non-hydrogen) atoms. The fraction of sp³-hybridized carbons (Fsp3) is 0.353. The molecule has 2 aromatic rings. The van der Waals surface area contributed by atoms with Gasteiger partial charge in [-0.2, -0.15) is 0 Å². The van der Waals surface area contributed by atoms with Crippen LogP contribution in [0.2, 0.25) is 0 Å². The molecule has 1 atom stereocenters. The van der Waals surface area contributed by atoms with Crippen molar-refractivity contribution in [3.63, 3.8) is 0 Å². The second-order valence-electron chi connectivity index (χ2n) is 5.65. The molecular formula is C17H20FNO2S. The van der Waals surface area contributed by atoms with Gasteiger partial charge in [-0.05, 0) is 30.5 Å². The molecule has 118 valence electrons. The number of carbonyl (C=O) groups is 1. The van der Waals surface area contributed by atoms with Crippen LogP contribution in [0.3, 0.4) is 0 Å². The summed E-state index contributed by atoms with van der Waals surface area (Å²) in [4.78, 5) is 13.1. The number of aliphatic carboxylic acids is 1. The van der Waals surface area contributed by atoms with Crippen molar-refractivity contribution in [3.8, 4) is 10.4 Å². The molecule has 2 rings (SSSR count). The maximum absolute atomic E-state index is 13.8. The molecule has 3 nitrogen and oxygen atoms in total. The molecule has 5 heteroatoms. The summed E-state index contributed by atoms with van der Waals surface area (Å²) < 4.78 is 13.8. The Morgan fingerprint density at radius 2 is 2.00 bits per heavy atom. The van der Waals surface area contributed by atoms with E-state index >= 15 is 0 Å². The summed E-state index contributed by atoms with van der Waals surface area (Å²) in [5.41, 5.74) is 0.579. The van der Waals surface area contributed by atoms with Crippen LogP contribution >= 0.6 is 11.3 Å². The number of carboxylic acids is 1. The van der Waals surface area contributed by atoms with Crippen molar-refractivity contribution in [2.24, 2.45) is 5.92 Å². The first-order valence-electron chi connectivity index (χ1n) is 7.27. The molecule has 0 spiro atoms. The zero-order valence-electron chi connectivity index (χ0n) is 12.7. The zero-order valence-corrected chi connectivity index (χ0v) is 13.5. The van der Waals surface area contributed by atoms with E-state index in [1.165, 1.54) is 17.4 Å². The predicted molar refractivity (Wildman–Crippen MR) is 87.4 cm³/mol. The van der Waals surface area contributed by atoms with E-state index in [0.29, 0.717) is 24.4 Å². The van der Waals surface area contributed by atoms with Crippen LogP contribution < -0.4 is 5.32 Å². The molecule has 0 aliphatic rings. The van der Waals surface area contributed by atoms with Gasteiger partial charge in [-0.1, -0.05) is 32.0 Å². The molecule has 0 saturated carbocycles. The van der Waals surface area contributed by atoms with Gasteiger partial charge in [0.25, 0.3) is 0 Å². The van der Waals surface area contributed by atoms with Gasteiger partial charge in [0.15, 0.2) is 0 Å². The topological polar surface area (TPSA) is 49.3 Å². The van der Waals surface area contributed by atoms with Crippen LogP contribution in [0, 0.1) is 11.7 Å². The second kappa shape index (κ2) is 7.51. The van der Waals surface area contributed by atoms with E-state index in [1.807, 2.05) is 26.0 Å². The smallest absolute Gasteiger partial charge is 0.320 e. The molecule has 0 bridgehead atoms. The van der Waals surface area contributed by atoms with Crippen LogP contribution in [-0.4, -0.2) is 17.1 Å². The third-order valence-electron chi connectivity index (χ3n) is 3.33. The Bertz CT molecular complexity index is 639. The molecule has 2 N–H and O–H groups in total. The van der Waals surface area contributed by atoms with Gasteiger partial charge in [0.1, 0.15) is 11.9 Å². The zero-order chi connectivity index (χ0) is 16.1. The number of hydrogen-bond acceptors (Lipinski definition) is 3. The summed E-state index contributed by atoms with van der Waals surface area (Å²) in [6.07, 6.45) is 0.584. The van der Waals surface area contributed by atoms with Crippen molar-refractivity contribution >= 4 is 17.3 Å². The average Bonchev–Trinajstić information content (AvgIpc) is 2.92. The van der Waals surface area contributed by atoms with Gasteiger partial charge in [-0.3, -0.25) is 10.1 Å². The lowest BCUT2D eigenvalue weighted by Gasteiger charge is -2.15. The largest absolute Gasteiger partial charge is 0.480 e. The molecule has 0 radical (unpaired) electrons. The highest BCUT2D eigenvalue weighted by atomic mass is 32.1. The fourth-order valence-corrected chi connectivity index (χ4v) is 3.23. The summed E-state index contributed by atoms with van der Waals surface area (Å²) in [5.74, 6) is -0.766. The molecule has 0 saturated heterocycles. The lowest BCUT2D eigenvalue weighted by Crippen LogP contribution is -2.37. The Labute approximate surface area is 133 Å². The average molecular weight is 321 g/mol. The van der Waals surface area contributed by atoms with Crippen LogP contribution in [0.25, 0.3) is 10.4 Å². The molecule has 0 aliphatic carbocycles. The summed E-state index contributed by atoms with van der Waals surface area (Å²) in [6, 6.07) is 9.88. The first-order valence-corrected chi connectivity index (χ1v) is 8.09. The Morgan fingerprint density at radius 1 is 1.27 bits per heavy atom. The maximum Gasteiger partial charge on any atom is 0.320 e. The second-order valence-corrected chi connectivity index (χ2v) is 6.82. The van der Waals surface area contributed by atoms with Gasteiger partial charge in [-0.25, -0.2) is 4.39 Å². The van der Waals surface area contributed by atoms with Gasteiger partial charge in [-0.15, -0.1) is 11.3 Å². The van der Waals surface area contributed by atoms with Crippen LogP contribution in [-0.2, 0) is 11.3 Å². The van der Waals surface area contributed by atoms with Gasteiger partial charge >= 0.3 is 5.97 Å². The third-order valence-corrected chi connectivity index (χ3v) is 4.45. The van der Waals surface area contributed by atoms with Crippen molar-refractivity contribution in [2.75, 3.05) is 0 Å². The number of benzene rings is 1.